The van der Waals surface area contributed by atoms with Gasteiger partial charge in [0.2, 0.25) is 5.76 Å². The van der Waals surface area contributed by atoms with E-state index in [1.807, 2.05) is 0 Å². The number of anilines is 1. The molecule has 6 nitrogen and oxygen atoms in total. The predicted octanol–water partition coefficient (Wildman–Crippen LogP) is 4.50. The third-order valence-electron chi connectivity index (χ3n) is 6.76. The molecule has 3 aromatic carbocycles. The number of hydrogen-bond acceptors (Lipinski definition) is 4. The van der Waals surface area contributed by atoms with Gasteiger partial charge in [0.1, 0.15) is 17.2 Å². The molecule has 3 heterocycles. The first-order valence-electron chi connectivity index (χ1n) is 11.2. The van der Waals surface area contributed by atoms with Crippen molar-refractivity contribution in [1.29, 1.82) is 0 Å². The molecule has 6 rings (SSSR count). The number of benzene rings is 3. The number of carbonyl (C=O) groups excluding carboxylic acids is 2. The summed E-state index contributed by atoms with van der Waals surface area (Å²) >= 11 is 0. The fourth-order valence-corrected chi connectivity index (χ4v) is 5.27. The van der Waals surface area contributed by atoms with Crippen molar-refractivity contribution in [2.45, 2.75) is 12.1 Å². The van der Waals surface area contributed by atoms with E-state index in [4.69, 9.17) is 4.42 Å². The molecule has 36 heavy (non-hydrogen) atoms. The van der Waals surface area contributed by atoms with Gasteiger partial charge in [0.15, 0.2) is 11.0 Å². The molecule has 0 saturated heterocycles. The minimum atomic E-state index is -1.85. The molecule has 1 unspecified atom stereocenters. The van der Waals surface area contributed by atoms with Crippen LogP contribution in [0.25, 0.3) is 11.0 Å². The topological polar surface area (TPSA) is 70.8 Å². The van der Waals surface area contributed by atoms with Crippen molar-refractivity contribution in [2.24, 2.45) is 0 Å². The van der Waals surface area contributed by atoms with Gasteiger partial charge in [-0.05, 0) is 42.0 Å². The number of amides is 2. The highest BCUT2D eigenvalue weighted by Crippen LogP contribution is 2.53. The van der Waals surface area contributed by atoms with Crippen LogP contribution < -0.4 is 10.3 Å². The summed E-state index contributed by atoms with van der Waals surface area (Å²) in [5.74, 6) is -2.57. The molecule has 2 aliphatic rings. The summed E-state index contributed by atoms with van der Waals surface area (Å²) in [6.45, 7) is 3.77. The predicted molar refractivity (Wildman–Crippen MR) is 128 cm³/mol. The SMILES string of the molecule is C=CCN1C(=O)C2(c3ccccc31)c1c(oc3ccc(F)cc3c1=O)C(=O)N2Cc1ccc(F)cc1. The van der Waals surface area contributed by atoms with Crippen LogP contribution in [0.3, 0.4) is 0 Å². The Bertz CT molecular complexity index is 1660. The van der Waals surface area contributed by atoms with Gasteiger partial charge in [-0.2, -0.15) is 0 Å². The lowest BCUT2D eigenvalue weighted by atomic mass is 9.83. The molecule has 1 aromatic heterocycles. The largest absolute Gasteiger partial charge is 0.450 e. The monoisotopic (exact) mass is 484 g/mol. The maximum absolute atomic E-state index is 14.3. The standard InChI is InChI=1S/C28H18F2N2O4/c1-2-13-31-21-6-4-3-5-20(21)28(27(31)35)23-24(33)19-14-18(30)11-12-22(19)36-25(23)26(34)32(28)15-16-7-9-17(29)10-8-16/h2-12,14H,1,13,15H2. The number of para-hydroxylation sites is 1. The molecular formula is C28H18F2N2O4. The number of hydrogen-bond donors (Lipinski definition) is 0. The van der Waals surface area contributed by atoms with Crippen molar-refractivity contribution >= 4 is 28.5 Å². The van der Waals surface area contributed by atoms with Gasteiger partial charge in [-0.15, -0.1) is 6.58 Å². The molecule has 2 aliphatic heterocycles. The quantitative estimate of drug-likeness (QED) is 0.400. The maximum atomic E-state index is 14.3. The Balaban J connectivity index is 1.70. The number of rotatable bonds is 4. The average molecular weight is 484 g/mol. The zero-order chi connectivity index (χ0) is 25.2. The molecule has 0 N–H and O–H groups in total. The summed E-state index contributed by atoms with van der Waals surface area (Å²) in [5, 5.41) is -0.0722. The Kier molecular flexibility index (Phi) is 4.69. The average Bonchev–Trinajstić information content (AvgIpc) is 3.26. The van der Waals surface area contributed by atoms with E-state index in [1.165, 1.54) is 40.1 Å². The highest BCUT2D eigenvalue weighted by Gasteiger charge is 2.64. The lowest BCUT2D eigenvalue weighted by Crippen LogP contribution is -2.53. The molecule has 0 aliphatic carbocycles. The van der Waals surface area contributed by atoms with Crippen LogP contribution in [-0.2, 0) is 16.9 Å². The van der Waals surface area contributed by atoms with Gasteiger partial charge in [0.25, 0.3) is 11.8 Å². The molecule has 1 spiro atoms. The zero-order valence-corrected chi connectivity index (χ0v) is 18.8. The van der Waals surface area contributed by atoms with Crippen molar-refractivity contribution in [3.05, 3.63) is 124 Å². The third kappa shape index (κ3) is 2.78. The molecular weight excluding hydrogens is 466 g/mol. The first-order chi connectivity index (χ1) is 17.4. The van der Waals surface area contributed by atoms with E-state index in [-0.39, 0.29) is 35.4 Å². The lowest BCUT2D eigenvalue weighted by Gasteiger charge is -2.34. The van der Waals surface area contributed by atoms with Crippen LogP contribution in [0.15, 0.2) is 88.6 Å². The van der Waals surface area contributed by atoms with Crippen LogP contribution in [0.2, 0.25) is 0 Å². The third-order valence-corrected chi connectivity index (χ3v) is 6.76. The minimum Gasteiger partial charge on any atom is -0.450 e. The van der Waals surface area contributed by atoms with Crippen LogP contribution in [0.4, 0.5) is 14.5 Å². The first-order valence-corrected chi connectivity index (χ1v) is 11.2. The molecule has 8 heteroatoms. The molecule has 178 valence electrons. The highest BCUT2D eigenvalue weighted by molar-refractivity contribution is 6.17. The van der Waals surface area contributed by atoms with E-state index in [9.17, 15) is 23.2 Å². The fraction of sp³-hybridized carbons (Fsp3) is 0.107. The van der Waals surface area contributed by atoms with Crippen LogP contribution in [0.1, 0.15) is 27.2 Å². The summed E-state index contributed by atoms with van der Waals surface area (Å²) in [4.78, 5) is 44.8. The van der Waals surface area contributed by atoms with Gasteiger partial charge in [-0.3, -0.25) is 14.4 Å². The second kappa shape index (κ2) is 7.71. The van der Waals surface area contributed by atoms with Gasteiger partial charge in [-0.1, -0.05) is 36.4 Å². The molecule has 2 amide bonds. The van der Waals surface area contributed by atoms with E-state index < -0.39 is 34.4 Å². The second-order valence-corrected chi connectivity index (χ2v) is 8.73. The zero-order valence-electron chi connectivity index (χ0n) is 18.8. The Morgan fingerprint density at radius 3 is 2.42 bits per heavy atom. The van der Waals surface area contributed by atoms with E-state index in [1.54, 1.807) is 30.3 Å². The van der Waals surface area contributed by atoms with Crippen LogP contribution >= 0.6 is 0 Å². The lowest BCUT2D eigenvalue weighted by molar-refractivity contribution is -0.126. The Labute approximate surface area is 203 Å². The first kappa shape index (κ1) is 21.9. The van der Waals surface area contributed by atoms with Gasteiger partial charge < -0.3 is 14.2 Å². The van der Waals surface area contributed by atoms with E-state index in [0.29, 0.717) is 16.8 Å². The minimum absolute atomic E-state index is 0.0361. The summed E-state index contributed by atoms with van der Waals surface area (Å²) < 4.78 is 33.6. The number of halogens is 2. The van der Waals surface area contributed by atoms with E-state index in [2.05, 4.69) is 6.58 Å². The number of carbonyl (C=O) groups is 2. The van der Waals surface area contributed by atoms with Crippen molar-refractivity contribution in [1.82, 2.24) is 4.90 Å². The smallest absolute Gasteiger partial charge is 0.291 e. The van der Waals surface area contributed by atoms with Crippen molar-refractivity contribution < 1.29 is 22.8 Å². The summed E-state index contributed by atoms with van der Waals surface area (Å²) in [7, 11) is 0. The van der Waals surface area contributed by atoms with Crippen LogP contribution in [-0.4, -0.2) is 23.3 Å². The maximum Gasteiger partial charge on any atom is 0.291 e. The van der Waals surface area contributed by atoms with Crippen LogP contribution in [0.5, 0.6) is 0 Å². The summed E-state index contributed by atoms with van der Waals surface area (Å²) in [6.07, 6.45) is 1.55. The molecule has 4 aromatic rings. The fourth-order valence-electron chi connectivity index (χ4n) is 5.27. The van der Waals surface area contributed by atoms with Crippen molar-refractivity contribution in [3.8, 4) is 0 Å². The molecule has 0 radical (unpaired) electrons. The Morgan fingerprint density at radius 1 is 0.944 bits per heavy atom. The van der Waals surface area contributed by atoms with Crippen LogP contribution in [0, 0.1) is 11.6 Å². The van der Waals surface area contributed by atoms with Crippen molar-refractivity contribution in [2.75, 3.05) is 11.4 Å². The molecule has 0 fully saturated rings. The highest BCUT2D eigenvalue weighted by atomic mass is 19.1. The Hall–Kier alpha value is -4.59. The van der Waals surface area contributed by atoms with Gasteiger partial charge in [0.05, 0.1) is 16.6 Å². The van der Waals surface area contributed by atoms with Gasteiger partial charge >= 0.3 is 0 Å². The molecule has 0 bridgehead atoms. The van der Waals surface area contributed by atoms with E-state index >= 15 is 0 Å². The van der Waals surface area contributed by atoms with Crippen molar-refractivity contribution in [3.63, 3.8) is 0 Å². The Morgan fingerprint density at radius 2 is 1.67 bits per heavy atom. The van der Waals surface area contributed by atoms with E-state index in [0.717, 1.165) is 12.1 Å². The second-order valence-electron chi connectivity index (χ2n) is 8.73. The van der Waals surface area contributed by atoms with Gasteiger partial charge in [-0.25, -0.2) is 8.78 Å². The number of fused-ring (bicyclic) bond motifs is 5. The van der Waals surface area contributed by atoms with Gasteiger partial charge in [0, 0.05) is 18.7 Å². The number of nitrogens with zero attached hydrogens (tertiary/aromatic N) is 2. The summed E-state index contributed by atoms with van der Waals surface area (Å²) in [5.41, 5.74) is -1.14. The molecule has 0 saturated carbocycles. The molecule has 1 atom stereocenters. The summed E-state index contributed by atoms with van der Waals surface area (Å²) in [6, 6.07) is 15.9. The normalized spacial score (nSPS) is 18.3.